The Balaban J connectivity index is 1.80. The molecule has 2 aromatic carbocycles. The number of carbonyl (C=O) groups is 1. The molecule has 1 amide bonds. The van der Waals surface area contributed by atoms with Gasteiger partial charge in [0.15, 0.2) is 0 Å². The van der Waals surface area contributed by atoms with E-state index in [0.717, 1.165) is 3.57 Å². The van der Waals surface area contributed by atoms with Crippen LogP contribution >= 0.6 is 22.6 Å². The Morgan fingerprint density at radius 3 is 2.50 bits per heavy atom. The molecule has 1 heterocycles. The largest absolute Gasteiger partial charge is 0.457 e. The molecule has 0 atom stereocenters. The molecule has 1 aromatic heterocycles. The third-order valence-electron chi connectivity index (χ3n) is 3.76. The number of amides is 1. The van der Waals surface area contributed by atoms with Crippen molar-refractivity contribution >= 4 is 45.9 Å². The average molecular weight is 485 g/mol. The maximum atomic E-state index is 12.4. The summed E-state index contributed by atoms with van der Waals surface area (Å²) in [5.41, 5.74) is 1.13. The fourth-order valence-electron chi connectivity index (χ4n) is 2.38. The number of anilines is 1. The second kappa shape index (κ2) is 8.49. The molecule has 3 rings (SSSR count). The number of rotatable bonds is 5. The van der Waals surface area contributed by atoms with Crippen LogP contribution in [0.5, 0.6) is 0 Å². The first kappa shape index (κ1) is 19.3. The third kappa shape index (κ3) is 4.44. The van der Waals surface area contributed by atoms with E-state index in [1.165, 1.54) is 18.2 Å². The van der Waals surface area contributed by atoms with Crippen molar-refractivity contribution < 1.29 is 14.1 Å². The number of hydrogen-bond donors (Lipinski definition) is 1. The lowest BCUT2D eigenvalue weighted by atomic mass is 10.1. The summed E-state index contributed by atoms with van der Waals surface area (Å²) in [5, 5.41) is 22.7. The lowest BCUT2D eigenvalue weighted by Crippen LogP contribution is -2.14. The predicted octanol–water partition coefficient (Wildman–Crippen LogP) is 5.01. The van der Waals surface area contributed by atoms with Gasteiger partial charge in [-0.05, 0) is 59.0 Å². The van der Waals surface area contributed by atoms with Gasteiger partial charge >= 0.3 is 0 Å². The first-order valence-corrected chi connectivity index (χ1v) is 9.08. The topological polar surface area (TPSA) is 109 Å². The molecular formula is C20H12IN3O4. The summed E-state index contributed by atoms with van der Waals surface area (Å²) in [7, 11) is 0. The van der Waals surface area contributed by atoms with Crippen LogP contribution in [0.1, 0.15) is 5.76 Å². The van der Waals surface area contributed by atoms with Crippen molar-refractivity contribution in [2.24, 2.45) is 0 Å². The number of nitro benzene ring substituents is 1. The van der Waals surface area contributed by atoms with E-state index in [9.17, 15) is 20.2 Å². The highest BCUT2D eigenvalue weighted by molar-refractivity contribution is 14.1. The van der Waals surface area contributed by atoms with E-state index in [1.54, 1.807) is 36.4 Å². The van der Waals surface area contributed by atoms with Gasteiger partial charge in [0.1, 0.15) is 23.2 Å². The summed E-state index contributed by atoms with van der Waals surface area (Å²) < 4.78 is 6.50. The lowest BCUT2D eigenvalue weighted by Gasteiger charge is -2.05. The summed E-state index contributed by atoms with van der Waals surface area (Å²) in [4.78, 5) is 22.6. The van der Waals surface area contributed by atoms with Gasteiger partial charge < -0.3 is 9.73 Å². The fraction of sp³-hybridized carbons (Fsp3) is 0. The average Bonchev–Trinajstić information content (AvgIpc) is 3.16. The summed E-state index contributed by atoms with van der Waals surface area (Å²) in [5.74, 6) is 0.249. The van der Waals surface area contributed by atoms with Crippen molar-refractivity contribution in [3.8, 4) is 17.4 Å². The summed E-state index contributed by atoms with van der Waals surface area (Å²) in [6.07, 6.45) is 1.35. The standard InChI is InChI=1S/C20H12IN3O4/c21-17-3-1-2-4-18(17)23-20(25)14(12-22)11-16-9-10-19(28-16)13-5-7-15(8-6-13)24(26)27/h1-11H,(H,23,25)/b14-11-. The Labute approximate surface area is 173 Å². The molecular weight excluding hydrogens is 473 g/mol. The smallest absolute Gasteiger partial charge is 0.269 e. The zero-order valence-corrected chi connectivity index (χ0v) is 16.4. The molecule has 3 aromatic rings. The minimum Gasteiger partial charge on any atom is -0.457 e. The van der Waals surface area contributed by atoms with Crippen molar-refractivity contribution in [3.05, 3.63) is 85.7 Å². The minimum absolute atomic E-state index is 0.0191. The summed E-state index contributed by atoms with van der Waals surface area (Å²) in [6, 6.07) is 18.3. The number of para-hydroxylation sites is 1. The second-order valence-electron chi connectivity index (χ2n) is 5.61. The van der Waals surface area contributed by atoms with E-state index in [-0.39, 0.29) is 11.3 Å². The fourth-order valence-corrected chi connectivity index (χ4v) is 2.90. The Morgan fingerprint density at radius 2 is 1.86 bits per heavy atom. The molecule has 0 unspecified atom stereocenters. The SMILES string of the molecule is N#C/C(=C/c1ccc(-c2ccc([N+](=O)[O-])cc2)o1)C(=O)Nc1ccccc1I. The van der Waals surface area contributed by atoms with Crippen molar-refractivity contribution in [2.45, 2.75) is 0 Å². The second-order valence-corrected chi connectivity index (χ2v) is 6.77. The highest BCUT2D eigenvalue weighted by atomic mass is 127. The molecule has 0 bridgehead atoms. The normalized spacial score (nSPS) is 10.9. The van der Waals surface area contributed by atoms with Crippen LogP contribution in [0, 0.1) is 25.0 Å². The maximum Gasteiger partial charge on any atom is 0.269 e. The number of nitrogens with zero attached hydrogens (tertiary/aromatic N) is 2. The number of furan rings is 1. The number of nitriles is 1. The number of halogens is 1. The highest BCUT2D eigenvalue weighted by Crippen LogP contribution is 2.26. The van der Waals surface area contributed by atoms with Gasteiger partial charge in [-0.2, -0.15) is 5.26 Å². The van der Waals surface area contributed by atoms with Gasteiger partial charge in [0.25, 0.3) is 11.6 Å². The van der Waals surface area contributed by atoms with Gasteiger partial charge in [-0.3, -0.25) is 14.9 Å². The van der Waals surface area contributed by atoms with E-state index in [2.05, 4.69) is 27.9 Å². The first-order chi connectivity index (χ1) is 13.5. The van der Waals surface area contributed by atoms with Crippen LogP contribution in [0.2, 0.25) is 0 Å². The van der Waals surface area contributed by atoms with Crippen LogP contribution in [-0.4, -0.2) is 10.8 Å². The van der Waals surface area contributed by atoms with E-state index in [4.69, 9.17) is 4.42 Å². The molecule has 0 fully saturated rings. The van der Waals surface area contributed by atoms with Gasteiger partial charge in [0, 0.05) is 27.3 Å². The number of nitro groups is 1. The first-order valence-electron chi connectivity index (χ1n) is 8.00. The molecule has 1 N–H and O–H groups in total. The van der Waals surface area contributed by atoms with Crippen LogP contribution < -0.4 is 5.32 Å². The molecule has 0 spiro atoms. The van der Waals surface area contributed by atoms with Gasteiger partial charge in [0.2, 0.25) is 0 Å². The van der Waals surface area contributed by atoms with Crippen LogP contribution in [0.25, 0.3) is 17.4 Å². The predicted molar refractivity (Wildman–Crippen MR) is 112 cm³/mol. The van der Waals surface area contributed by atoms with E-state index in [0.29, 0.717) is 22.8 Å². The van der Waals surface area contributed by atoms with E-state index >= 15 is 0 Å². The number of non-ortho nitro benzene ring substituents is 1. The lowest BCUT2D eigenvalue weighted by molar-refractivity contribution is -0.384. The molecule has 0 saturated heterocycles. The number of carbonyl (C=O) groups excluding carboxylic acids is 1. The Morgan fingerprint density at radius 1 is 1.14 bits per heavy atom. The molecule has 8 heteroatoms. The Kier molecular flexibility index (Phi) is 5.86. The van der Waals surface area contributed by atoms with Crippen molar-refractivity contribution in [1.29, 1.82) is 5.26 Å². The number of nitrogens with one attached hydrogen (secondary N) is 1. The molecule has 7 nitrogen and oxygen atoms in total. The third-order valence-corrected chi connectivity index (χ3v) is 4.70. The van der Waals surface area contributed by atoms with Crippen LogP contribution in [0.4, 0.5) is 11.4 Å². The maximum absolute atomic E-state index is 12.4. The molecule has 0 aliphatic carbocycles. The van der Waals surface area contributed by atoms with Crippen molar-refractivity contribution in [2.75, 3.05) is 5.32 Å². The van der Waals surface area contributed by atoms with E-state index in [1.807, 2.05) is 18.2 Å². The molecule has 28 heavy (non-hydrogen) atoms. The van der Waals surface area contributed by atoms with Gasteiger partial charge in [0.05, 0.1) is 10.6 Å². The van der Waals surface area contributed by atoms with Gasteiger partial charge in [-0.25, -0.2) is 0 Å². The van der Waals surface area contributed by atoms with Crippen LogP contribution in [0.3, 0.4) is 0 Å². The summed E-state index contributed by atoms with van der Waals surface area (Å²) in [6.45, 7) is 0. The van der Waals surface area contributed by atoms with Crippen molar-refractivity contribution in [3.63, 3.8) is 0 Å². The molecule has 0 aliphatic rings. The zero-order chi connectivity index (χ0) is 20.1. The quantitative estimate of drug-likeness (QED) is 0.180. The summed E-state index contributed by atoms with van der Waals surface area (Å²) >= 11 is 2.09. The molecule has 138 valence electrons. The van der Waals surface area contributed by atoms with Crippen LogP contribution in [0.15, 0.2) is 70.7 Å². The highest BCUT2D eigenvalue weighted by Gasteiger charge is 2.13. The minimum atomic E-state index is -0.542. The monoisotopic (exact) mass is 485 g/mol. The van der Waals surface area contributed by atoms with Gasteiger partial charge in [-0.1, -0.05) is 12.1 Å². The molecule has 0 radical (unpaired) electrons. The van der Waals surface area contributed by atoms with Crippen molar-refractivity contribution in [1.82, 2.24) is 0 Å². The van der Waals surface area contributed by atoms with Gasteiger partial charge in [-0.15, -0.1) is 0 Å². The zero-order valence-electron chi connectivity index (χ0n) is 14.3. The number of benzene rings is 2. The Hall–Kier alpha value is -3.45. The molecule has 0 saturated carbocycles. The molecule has 0 aliphatic heterocycles. The number of hydrogen-bond acceptors (Lipinski definition) is 5. The van der Waals surface area contributed by atoms with Crippen LogP contribution in [-0.2, 0) is 4.79 Å². The van der Waals surface area contributed by atoms with E-state index < -0.39 is 10.8 Å². The Bertz CT molecular complexity index is 1110.